The Labute approximate surface area is 130 Å². The molecule has 2 aliphatic rings. The lowest BCUT2D eigenvalue weighted by Crippen LogP contribution is -2.48. The molecule has 2 N–H and O–H groups in total. The van der Waals surface area contributed by atoms with Crippen LogP contribution in [0.4, 0.5) is 5.69 Å². The van der Waals surface area contributed by atoms with E-state index >= 15 is 0 Å². The van der Waals surface area contributed by atoms with Crippen molar-refractivity contribution >= 4 is 21.6 Å². The van der Waals surface area contributed by atoms with Gasteiger partial charge in [-0.3, -0.25) is 9.10 Å². The summed E-state index contributed by atoms with van der Waals surface area (Å²) in [4.78, 5) is 12.2. The quantitative estimate of drug-likeness (QED) is 0.838. The lowest BCUT2D eigenvalue weighted by Gasteiger charge is -2.29. The Bertz CT molecular complexity index is 683. The van der Waals surface area contributed by atoms with E-state index in [4.69, 9.17) is 0 Å². The van der Waals surface area contributed by atoms with Crippen molar-refractivity contribution in [2.24, 2.45) is 5.92 Å². The number of hydrogen-bond donors (Lipinski definition) is 2. The van der Waals surface area contributed by atoms with E-state index < -0.39 is 10.0 Å². The number of hydrogen-bond acceptors (Lipinski definition) is 4. The van der Waals surface area contributed by atoms with Crippen molar-refractivity contribution in [3.8, 4) is 0 Å². The summed E-state index contributed by atoms with van der Waals surface area (Å²) >= 11 is 0. The van der Waals surface area contributed by atoms with Crippen molar-refractivity contribution in [1.29, 1.82) is 0 Å². The van der Waals surface area contributed by atoms with Gasteiger partial charge < -0.3 is 10.6 Å². The largest absolute Gasteiger partial charge is 0.352 e. The van der Waals surface area contributed by atoms with Crippen molar-refractivity contribution in [2.45, 2.75) is 12.8 Å². The summed E-state index contributed by atoms with van der Waals surface area (Å²) in [5, 5.41) is 6.11. The predicted molar refractivity (Wildman–Crippen MR) is 85.6 cm³/mol. The topological polar surface area (TPSA) is 78.5 Å². The first-order valence-electron chi connectivity index (χ1n) is 7.55. The minimum atomic E-state index is -3.26. The molecule has 7 heteroatoms. The number of aryl methyl sites for hydroxylation is 1. The van der Waals surface area contributed by atoms with E-state index in [9.17, 15) is 13.2 Å². The van der Waals surface area contributed by atoms with E-state index in [2.05, 4.69) is 10.6 Å². The molecule has 0 saturated carbocycles. The molecule has 1 amide bonds. The van der Waals surface area contributed by atoms with Crippen LogP contribution in [0.3, 0.4) is 0 Å². The van der Waals surface area contributed by atoms with Crippen molar-refractivity contribution in [3.63, 3.8) is 0 Å². The van der Waals surface area contributed by atoms with Crippen LogP contribution < -0.4 is 14.9 Å². The number of nitrogens with zero attached hydrogens (tertiary/aromatic N) is 1. The van der Waals surface area contributed by atoms with Crippen LogP contribution in [0.5, 0.6) is 0 Å². The molecule has 0 aliphatic carbocycles. The number of rotatable bonds is 4. The molecule has 2 aliphatic heterocycles. The van der Waals surface area contributed by atoms with Gasteiger partial charge >= 0.3 is 0 Å². The highest BCUT2D eigenvalue weighted by atomic mass is 32.2. The third-order valence-electron chi connectivity index (χ3n) is 4.24. The molecule has 22 heavy (non-hydrogen) atoms. The summed E-state index contributed by atoms with van der Waals surface area (Å²) in [6, 6.07) is 5.27. The molecule has 1 saturated heterocycles. The van der Waals surface area contributed by atoms with E-state index in [0.717, 1.165) is 31.5 Å². The molecule has 2 heterocycles. The average molecular weight is 323 g/mol. The molecular weight excluding hydrogens is 302 g/mol. The molecule has 0 bridgehead atoms. The Morgan fingerprint density at radius 3 is 2.82 bits per heavy atom. The first kappa shape index (κ1) is 15.3. The Morgan fingerprint density at radius 2 is 2.18 bits per heavy atom. The van der Waals surface area contributed by atoms with Gasteiger partial charge in [-0.15, -0.1) is 0 Å². The molecule has 1 fully saturated rings. The molecular formula is C15H21N3O3S. The van der Waals surface area contributed by atoms with Gasteiger partial charge in [-0.1, -0.05) is 0 Å². The molecule has 0 radical (unpaired) electrons. The van der Waals surface area contributed by atoms with E-state index in [1.165, 1.54) is 10.6 Å². The fourth-order valence-corrected chi connectivity index (χ4v) is 3.88. The van der Waals surface area contributed by atoms with Crippen LogP contribution in [-0.4, -0.2) is 46.8 Å². The van der Waals surface area contributed by atoms with Crippen LogP contribution in [-0.2, 0) is 16.4 Å². The van der Waals surface area contributed by atoms with Crippen molar-refractivity contribution in [1.82, 2.24) is 10.6 Å². The molecule has 120 valence electrons. The van der Waals surface area contributed by atoms with Gasteiger partial charge in [0.15, 0.2) is 0 Å². The third-order valence-corrected chi connectivity index (χ3v) is 5.42. The molecule has 6 nitrogen and oxygen atoms in total. The number of nitrogens with one attached hydrogen (secondary N) is 2. The average Bonchev–Trinajstić information content (AvgIpc) is 2.43. The maximum Gasteiger partial charge on any atom is 0.251 e. The summed E-state index contributed by atoms with van der Waals surface area (Å²) in [7, 11) is -3.26. The number of benzene rings is 1. The van der Waals surface area contributed by atoms with Gasteiger partial charge in [0.25, 0.3) is 5.91 Å². The molecule has 1 aromatic carbocycles. The first-order valence-corrected chi connectivity index (χ1v) is 9.39. The number of amides is 1. The highest BCUT2D eigenvalue weighted by Crippen LogP contribution is 2.29. The molecule has 0 aromatic heterocycles. The van der Waals surface area contributed by atoms with Crippen LogP contribution in [0.25, 0.3) is 0 Å². The van der Waals surface area contributed by atoms with E-state index in [-0.39, 0.29) is 5.91 Å². The number of fused-ring (bicyclic) bond motifs is 1. The van der Waals surface area contributed by atoms with Gasteiger partial charge in [-0.25, -0.2) is 8.42 Å². The zero-order chi connectivity index (χ0) is 15.7. The first-order chi connectivity index (χ1) is 10.4. The van der Waals surface area contributed by atoms with E-state index in [1.807, 2.05) is 6.07 Å². The summed E-state index contributed by atoms with van der Waals surface area (Å²) in [6.45, 7) is 3.09. The van der Waals surface area contributed by atoms with Gasteiger partial charge in [0.05, 0.1) is 11.9 Å². The zero-order valence-corrected chi connectivity index (χ0v) is 13.4. The second kappa shape index (κ2) is 5.89. The fraction of sp³-hybridized carbons (Fsp3) is 0.533. The lowest BCUT2D eigenvalue weighted by atomic mass is 10.00. The van der Waals surface area contributed by atoms with Crippen molar-refractivity contribution < 1.29 is 13.2 Å². The standard InChI is InChI=1S/C15H21N3O3S/c1-22(20,21)18-6-2-3-12-7-13(4-5-14(12)18)15(19)17-10-11-8-16-9-11/h4-5,7,11,16H,2-3,6,8-10H2,1H3,(H,17,19). The fourth-order valence-electron chi connectivity index (χ4n) is 2.88. The summed E-state index contributed by atoms with van der Waals surface area (Å²) in [5.41, 5.74) is 2.23. The summed E-state index contributed by atoms with van der Waals surface area (Å²) in [5.74, 6) is 0.425. The molecule has 0 atom stereocenters. The highest BCUT2D eigenvalue weighted by molar-refractivity contribution is 7.92. The molecule has 1 aromatic rings. The Kier molecular flexibility index (Phi) is 4.10. The SMILES string of the molecule is CS(=O)(=O)N1CCCc2cc(C(=O)NCC3CNC3)ccc21. The van der Waals surface area contributed by atoms with Crippen LogP contribution in [0, 0.1) is 5.92 Å². The van der Waals surface area contributed by atoms with Crippen LogP contribution in [0.15, 0.2) is 18.2 Å². The minimum Gasteiger partial charge on any atom is -0.352 e. The lowest BCUT2D eigenvalue weighted by molar-refractivity contribution is 0.0942. The normalized spacial score (nSPS) is 18.5. The Hall–Kier alpha value is -1.60. The molecule has 0 unspecified atom stereocenters. The van der Waals surface area contributed by atoms with Crippen molar-refractivity contribution in [2.75, 3.05) is 36.7 Å². The van der Waals surface area contributed by atoms with E-state index in [0.29, 0.717) is 30.3 Å². The number of carbonyl (C=O) groups excluding carboxylic acids is 1. The predicted octanol–water partition coefficient (Wildman–Crippen LogP) is 0.348. The summed E-state index contributed by atoms with van der Waals surface area (Å²) in [6.07, 6.45) is 2.79. The number of carbonyl (C=O) groups is 1. The Balaban J connectivity index is 1.76. The molecule has 0 spiro atoms. The van der Waals surface area contributed by atoms with Gasteiger partial charge in [0.1, 0.15) is 0 Å². The second-order valence-electron chi connectivity index (χ2n) is 6.02. The van der Waals surface area contributed by atoms with Gasteiger partial charge in [-0.2, -0.15) is 0 Å². The monoisotopic (exact) mass is 323 g/mol. The number of sulfonamides is 1. The second-order valence-corrected chi connectivity index (χ2v) is 7.92. The van der Waals surface area contributed by atoms with Gasteiger partial charge in [-0.05, 0) is 36.6 Å². The minimum absolute atomic E-state index is 0.0915. The summed E-state index contributed by atoms with van der Waals surface area (Å²) < 4.78 is 25.1. The van der Waals surface area contributed by atoms with Crippen LogP contribution in [0.1, 0.15) is 22.3 Å². The van der Waals surface area contributed by atoms with Gasteiger partial charge in [0, 0.05) is 37.7 Å². The van der Waals surface area contributed by atoms with Crippen LogP contribution >= 0.6 is 0 Å². The van der Waals surface area contributed by atoms with Crippen molar-refractivity contribution in [3.05, 3.63) is 29.3 Å². The molecule has 3 rings (SSSR count). The third kappa shape index (κ3) is 3.10. The Morgan fingerprint density at radius 1 is 1.41 bits per heavy atom. The smallest absolute Gasteiger partial charge is 0.251 e. The zero-order valence-electron chi connectivity index (χ0n) is 12.6. The van der Waals surface area contributed by atoms with Crippen LogP contribution in [0.2, 0.25) is 0 Å². The maximum absolute atomic E-state index is 12.2. The number of anilines is 1. The maximum atomic E-state index is 12.2. The van der Waals surface area contributed by atoms with E-state index in [1.54, 1.807) is 12.1 Å². The van der Waals surface area contributed by atoms with Gasteiger partial charge in [0.2, 0.25) is 10.0 Å². The highest BCUT2D eigenvalue weighted by Gasteiger charge is 2.25.